The van der Waals surface area contributed by atoms with Crippen molar-refractivity contribution in [2.45, 2.75) is 26.7 Å². The quantitative estimate of drug-likeness (QED) is 0.585. The van der Waals surface area contributed by atoms with E-state index >= 15 is 0 Å². The summed E-state index contributed by atoms with van der Waals surface area (Å²) in [6, 6.07) is 0. The van der Waals surface area contributed by atoms with Crippen LogP contribution in [-0.4, -0.2) is 33.2 Å². The molecule has 0 saturated heterocycles. The van der Waals surface area contributed by atoms with Crippen molar-refractivity contribution < 1.29 is 29.7 Å². The summed E-state index contributed by atoms with van der Waals surface area (Å²) in [7, 11) is 0. The lowest BCUT2D eigenvalue weighted by Gasteiger charge is -2.02. The zero-order chi connectivity index (χ0) is 11.7. The first-order valence-electron chi connectivity index (χ1n) is 4.05. The van der Waals surface area contributed by atoms with E-state index in [9.17, 15) is 4.79 Å². The van der Waals surface area contributed by atoms with Gasteiger partial charge in [-0.2, -0.15) is 0 Å². The van der Waals surface area contributed by atoms with E-state index in [1.165, 1.54) is 0 Å². The first-order chi connectivity index (χ1) is 6.36. The average molecular weight is 206 g/mol. The van der Waals surface area contributed by atoms with Crippen molar-refractivity contribution in [3.05, 3.63) is 0 Å². The van der Waals surface area contributed by atoms with Crippen molar-refractivity contribution in [2.75, 3.05) is 0 Å². The SMILES string of the molecule is CCC(CC)C(=O)O.O=C(O)C(=O)O. The maximum absolute atomic E-state index is 10.2. The van der Waals surface area contributed by atoms with E-state index in [-0.39, 0.29) is 5.92 Å². The first kappa shape index (κ1) is 14.9. The third kappa shape index (κ3) is 8.51. The molecule has 0 saturated carbocycles. The van der Waals surface area contributed by atoms with E-state index in [0.29, 0.717) is 0 Å². The van der Waals surface area contributed by atoms with Crippen molar-refractivity contribution in [3.8, 4) is 0 Å². The summed E-state index contributed by atoms with van der Waals surface area (Å²) in [6.07, 6.45) is 1.48. The van der Waals surface area contributed by atoms with Gasteiger partial charge >= 0.3 is 17.9 Å². The van der Waals surface area contributed by atoms with Crippen LogP contribution in [0.2, 0.25) is 0 Å². The van der Waals surface area contributed by atoms with E-state index in [0.717, 1.165) is 12.8 Å². The van der Waals surface area contributed by atoms with E-state index < -0.39 is 17.9 Å². The zero-order valence-corrected chi connectivity index (χ0v) is 8.06. The summed E-state index contributed by atoms with van der Waals surface area (Å²) in [6.45, 7) is 3.78. The predicted molar refractivity (Wildman–Crippen MR) is 47.0 cm³/mol. The molecule has 0 atom stereocenters. The number of hydrogen-bond donors (Lipinski definition) is 3. The van der Waals surface area contributed by atoms with Crippen LogP contribution in [0.1, 0.15) is 26.7 Å². The van der Waals surface area contributed by atoms with Crippen LogP contribution >= 0.6 is 0 Å². The molecule has 0 unspecified atom stereocenters. The number of carboxylic acid groups (broad SMARTS) is 3. The van der Waals surface area contributed by atoms with Crippen LogP contribution in [0.4, 0.5) is 0 Å². The van der Waals surface area contributed by atoms with Crippen LogP contribution in [0.3, 0.4) is 0 Å². The molecule has 0 aliphatic rings. The number of carboxylic acids is 3. The molecule has 14 heavy (non-hydrogen) atoms. The molecule has 0 bridgehead atoms. The summed E-state index contributed by atoms with van der Waals surface area (Å²) < 4.78 is 0. The molecule has 82 valence electrons. The van der Waals surface area contributed by atoms with Gasteiger partial charge in [-0.3, -0.25) is 4.79 Å². The Kier molecular flexibility index (Phi) is 8.55. The Hall–Kier alpha value is -1.59. The van der Waals surface area contributed by atoms with Crippen molar-refractivity contribution in [2.24, 2.45) is 5.92 Å². The molecule has 0 amide bonds. The van der Waals surface area contributed by atoms with Crippen LogP contribution < -0.4 is 0 Å². The molecule has 0 aliphatic heterocycles. The topological polar surface area (TPSA) is 112 Å². The van der Waals surface area contributed by atoms with Gasteiger partial charge < -0.3 is 15.3 Å². The predicted octanol–water partition coefficient (Wildman–Crippen LogP) is 0.663. The molecule has 0 aromatic rings. The third-order valence-electron chi connectivity index (χ3n) is 1.52. The molecule has 0 heterocycles. The lowest BCUT2D eigenvalue weighted by Crippen LogP contribution is -2.10. The van der Waals surface area contributed by atoms with E-state index in [4.69, 9.17) is 24.9 Å². The Bertz CT molecular complexity index is 194. The molecule has 3 N–H and O–H groups in total. The normalized spacial score (nSPS) is 8.79. The Balaban J connectivity index is 0. The smallest absolute Gasteiger partial charge is 0.414 e. The second kappa shape index (κ2) is 8.03. The zero-order valence-electron chi connectivity index (χ0n) is 8.06. The largest absolute Gasteiger partial charge is 0.481 e. The van der Waals surface area contributed by atoms with Gasteiger partial charge in [-0.15, -0.1) is 0 Å². The van der Waals surface area contributed by atoms with Crippen LogP contribution in [0.5, 0.6) is 0 Å². The van der Waals surface area contributed by atoms with E-state index in [1.54, 1.807) is 0 Å². The minimum absolute atomic E-state index is 0.130. The molecule has 6 heteroatoms. The molecule has 0 rings (SSSR count). The molecule has 0 aliphatic carbocycles. The van der Waals surface area contributed by atoms with Gasteiger partial charge in [0.2, 0.25) is 0 Å². The average Bonchev–Trinajstić information content (AvgIpc) is 2.06. The Labute approximate surface area is 81.2 Å². The van der Waals surface area contributed by atoms with Crippen molar-refractivity contribution in [3.63, 3.8) is 0 Å². The lowest BCUT2D eigenvalue weighted by atomic mass is 10.1. The van der Waals surface area contributed by atoms with Crippen molar-refractivity contribution in [1.29, 1.82) is 0 Å². The van der Waals surface area contributed by atoms with Gasteiger partial charge in [0, 0.05) is 0 Å². The minimum atomic E-state index is -1.82. The molecular weight excluding hydrogens is 192 g/mol. The molecule has 0 aromatic heterocycles. The third-order valence-corrected chi connectivity index (χ3v) is 1.52. The summed E-state index contributed by atoms with van der Waals surface area (Å²) in [5.41, 5.74) is 0. The second-order valence-corrected chi connectivity index (χ2v) is 2.46. The molecule has 0 fully saturated rings. The van der Waals surface area contributed by atoms with Crippen molar-refractivity contribution in [1.82, 2.24) is 0 Å². The fraction of sp³-hybridized carbons (Fsp3) is 0.625. The van der Waals surface area contributed by atoms with Gasteiger partial charge in [-0.1, -0.05) is 13.8 Å². The van der Waals surface area contributed by atoms with Gasteiger partial charge in [0.05, 0.1) is 5.92 Å². The molecule has 6 nitrogen and oxygen atoms in total. The van der Waals surface area contributed by atoms with Gasteiger partial charge in [-0.05, 0) is 12.8 Å². The summed E-state index contributed by atoms with van der Waals surface area (Å²) >= 11 is 0. The van der Waals surface area contributed by atoms with Crippen LogP contribution in [0.25, 0.3) is 0 Å². The highest BCUT2D eigenvalue weighted by Crippen LogP contribution is 2.05. The highest BCUT2D eigenvalue weighted by Gasteiger charge is 2.10. The van der Waals surface area contributed by atoms with Crippen molar-refractivity contribution >= 4 is 17.9 Å². The fourth-order valence-electron chi connectivity index (χ4n) is 0.638. The second-order valence-electron chi connectivity index (χ2n) is 2.46. The summed E-state index contributed by atoms with van der Waals surface area (Å²) in [5.74, 6) is -4.45. The molecule has 0 spiro atoms. The van der Waals surface area contributed by atoms with Gasteiger partial charge in [-0.25, -0.2) is 9.59 Å². The number of hydrogen-bond acceptors (Lipinski definition) is 3. The maximum atomic E-state index is 10.2. The standard InChI is InChI=1S/C6H12O2.C2H2O4/c1-3-5(4-2)6(7)8;3-1(4)2(5)6/h5H,3-4H2,1-2H3,(H,7,8);(H,3,4)(H,5,6). The summed E-state index contributed by atoms with van der Waals surface area (Å²) in [5, 5.41) is 23.2. The monoisotopic (exact) mass is 206 g/mol. The molecular formula is C8H14O6. The number of carbonyl (C=O) groups is 3. The van der Waals surface area contributed by atoms with Crippen LogP contribution in [-0.2, 0) is 14.4 Å². The lowest BCUT2D eigenvalue weighted by molar-refractivity contribution is -0.159. The Morgan fingerprint density at radius 1 is 0.929 bits per heavy atom. The molecule has 0 radical (unpaired) electrons. The number of rotatable bonds is 3. The minimum Gasteiger partial charge on any atom is -0.481 e. The van der Waals surface area contributed by atoms with Gasteiger partial charge in [0.25, 0.3) is 0 Å². The summed E-state index contributed by atoms with van der Waals surface area (Å²) in [4.78, 5) is 28.4. The van der Waals surface area contributed by atoms with E-state index in [2.05, 4.69) is 0 Å². The Morgan fingerprint density at radius 3 is 1.21 bits per heavy atom. The van der Waals surface area contributed by atoms with Gasteiger partial charge in [0.15, 0.2) is 0 Å². The highest BCUT2D eigenvalue weighted by molar-refractivity contribution is 6.27. The van der Waals surface area contributed by atoms with Crippen LogP contribution in [0.15, 0.2) is 0 Å². The first-order valence-corrected chi connectivity index (χ1v) is 4.05. The van der Waals surface area contributed by atoms with E-state index in [1.807, 2.05) is 13.8 Å². The van der Waals surface area contributed by atoms with Crippen LogP contribution in [0, 0.1) is 5.92 Å². The Morgan fingerprint density at radius 2 is 1.21 bits per heavy atom. The molecule has 0 aromatic carbocycles. The maximum Gasteiger partial charge on any atom is 0.414 e. The van der Waals surface area contributed by atoms with Gasteiger partial charge in [0.1, 0.15) is 0 Å². The fourth-order valence-corrected chi connectivity index (χ4v) is 0.638. The highest BCUT2D eigenvalue weighted by atomic mass is 16.4. The number of aliphatic carboxylic acids is 3.